The minimum absolute atomic E-state index is 0. The second kappa shape index (κ2) is 16.7. The van der Waals surface area contributed by atoms with Gasteiger partial charge in [0.2, 0.25) is 0 Å². The zero-order valence-electron chi connectivity index (χ0n) is 15.1. The Kier molecular flexibility index (Phi) is 19.1. The molecule has 0 amide bonds. The third-order valence-electron chi connectivity index (χ3n) is 3.56. The van der Waals surface area contributed by atoms with Crippen LogP contribution < -0.4 is 29.6 Å². The Morgan fingerprint density at radius 1 is 0.818 bits per heavy atom. The number of unbranched alkanes of at least 4 members (excludes halogenated alkanes) is 7. The summed E-state index contributed by atoms with van der Waals surface area (Å²) in [6, 6.07) is 0. The van der Waals surface area contributed by atoms with E-state index in [1.54, 1.807) is 0 Å². The van der Waals surface area contributed by atoms with E-state index in [0.29, 0.717) is 6.42 Å². The molecule has 0 aromatic carbocycles. The van der Waals surface area contributed by atoms with Gasteiger partial charge in [-0.1, -0.05) is 72.1 Å². The normalized spacial score (nSPS) is 12.9. The smallest absolute Gasteiger partial charge is 0.248 e. The summed E-state index contributed by atoms with van der Waals surface area (Å²) in [5, 5.41) is 0. The third-order valence-corrected chi connectivity index (χ3v) is 4.53. The van der Waals surface area contributed by atoms with Gasteiger partial charge in [0.1, 0.15) is 0 Å². The van der Waals surface area contributed by atoms with Crippen LogP contribution in [0.15, 0.2) is 0 Å². The van der Waals surface area contributed by atoms with Gasteiger partial charge in [-0.15, -0.1) is 0 Å². The zero-order valence-corrected chi connectivity index (χ0v) is 17.9. The van der Waals surface area contributed by atoms with E-state index >= 15 is 0 Å². The average molecular weight is 346 g/mol. The molecule has 0 N–H and O–H groups in total. The fraction of sp³-hybridized carbons (Fsp3) is 1.00. The standard InChI is InChI=1S/C16H34O4S.Na/c1-4-7-9-10-11-13-15-19-21(17,18)20-16(6-3)14-12-8-5-2;/h16H,4-15H2,1-3H3;/q;+1. The van der Waals surface area contributed by atoms with Gasteiger partial charge in [-0.05, 0) is 19.3 Å². The summed E-state index contributed by atoms with van der Waals surface area (Å²) in [7, 11) is -3.83. The maximum Gasteiger partial charge on any atom is 1.00 e. The molecule has 0 heterocycles. The Labute approximate surface area is 160 Å². The zero-order chi connectivity index (χ0) is 16.0. The van der Waals surface area contributed by atoms with Crippen LogP contribution in [0.4, 0.5) is 0 Å². The van der Waals surface area contributed by atoms with Crippen LogP contribution in [-0.2, 0) is 18.8 Å². The van der Waals surface area contributed by atoms with Gasteiger partial charge in [0.25, 0.3) is 0 Å². The molecule has 128 valence electrons. The van der Waals surface area contributed by atoms with E-state index in [0.717, 1.165) is 44.9 Å². The summed E-state index contributed by atoms with van der Waals surface area (Å²) in [6.07, 6.45) is 11.1. The van der Waals surface area contributed by atoms with Gasteiger partial charge < -0.3 is 0 Å². The monoisotopic (exact) mass is 345 g/mol. The van der Waals surface area contributed by atoms with Crippen molar-refractivity contribution in [1.29, 1.82) is 0 Å². The van der Waals surface area contributed by atoms with Crippen LogP contribution in [0.5, 0.6) is 0 Å². The van der Waals surface area contributed by atoms with Crippen molar-refractivity contribution in [3.05, 3.63) is 0 Å². The van der Waals surface area contributed by atoms with E-state index in [1.807, 2.05) is 6.92 Å². The summed E-state index contributed by atoms with van der Waals surface area (Å²) in [5.74, 6) is 0. The minimum Gasteiger partial charge on any atom is -0.248 e. The molecule has 6 heteroatoms. The second-order valence-electron chi connectivity index (χ2n) is 5.62. The van der Waals surface area contributed by atoms with Gasteiger partial charge in [-0.2, -0.15) is 8.42 Å². The molecule has 0 bridgehead atoms. The molecule has 0 aliphatic carbocycles. The van der Waals surface area contributed by atoms with Gasteiger partial charge in [0.05, 0.1) is 12.7 Å². The Morgan fingerprint density at radius 3 is 1.95 bits per heavy atom. The van der Waals surface area contributed by atoms with Crippen LogP contribution in [0, 0.1) is 0 Å². The molecule has 0 fully saturated rings. The fourth-order valence-electron chi connectivity index (χ4n) is 2.18. The molecule has 0 aromatic heterocycles. The number of hydrogen-bond acceptors (Lipinski definition) is 4. The fourth-order valence-corrected chi connectivity index (χ4v) is 3.12. The van der Waals surface area contributed by atoms with Crippen molar-refractivity contribution in [3.63, 3.8) is 0 Å². The molecule has 1 unspecified atom stereocenters. The van der Waals surface area contributed by atoms with Gasteiger partial charge >= 0.3 is 40.0 Å². The molecule has 0 rings (SSSR count). The average Bonchev–Trinajstić information content (AvgIpc) is 2.45. The molecule has 22 heavy (non-hydrogen) atoms. The molecule has 0 spiro atoms. The van der Waals surface area contributed by atoms with Crippen LogP contribution in [0.1, 0.15) is 91.4 Å². The van der Waals surface area contributed by atoms with E-state index in [4.69, 9.17) is 8.37 Å². The summed E-state index contributed by atoms with van der Waals surface area (Å²) in [6.45, 7) is 6.49. The van der Waals surface area contributed by atoms with E-state index in [-0.39, 0.29) is 42.3 Å². The van der Waals surface area contributed by atoms with Crippen molar-refractivity contribution in [2.45, 2.75) is 97.5 Å². The first kappa shape index (κ1) is 25.1. The van der Waals surface area contributed by atoms with Crippen LogP contribution in [0.3, 0.4) is 0 Å². The predicted molar refractivity (Wildman–Crippen MR) is 87.6 cm³/mol. The van der Waals surface area contributed by atoms with Crippen LogP contribution in [0.25, 0.3) is 0 Å². The summed E-state index contributed by atoms with van der Waals surface area (Å²) >= 11 is 0. The molecule has 1 atom stereocenters. The van der Waals surface area contributed by atoms with Gasteiger partial charge in [-0.25, -0.2) is 8.37 Å². The van der Waals surface area contributed by atoms with Crippen LogP contribution >= 0.6 is 0 Å². The molecule has 4 nitrogen and oxygen atoms in total. The van der Waals surface area contributed by atoms with Crippen molar-refractivity contribution in [3.8, 4) is 0 Å². The predicted octanol–water partition coefficient (Wildman–Crippen LogP) is 1.99. The van der Waals surface area contributed by atoms with E-state index in [9.17, 15) is 8.42 Å². The van der Waals surface area contributed by atoms with E-state index in [2.05, 4.69) is 13.8 Å². The number of rotatable bonds is 15. The summed E-state index contributed by atoms with van der Waals surface area (Å²) in [4.78, 5) is 0. The minimum atomic E-state index is -3.83. The summed E-state index contributed by atoms with van der Waals surface area (Å²) in [5.41, 5.74) is 0. The molecule has 0 saturated heterocycles. The quantitative estimate of drug-likeness (QED) is 0.336. The van der Waals surface area contributed by atoms with Crippen molar-refractivity contribution in [2.75, 3.05) is 6.61 Å². The Balaban J connectivity index is 0. The summed E-state index contributed by atoms with van der Waals surface area (Å²) < 4.78 is 33.5. The van der Waals surface area contributed by atoms with Gasteiger partial charge in [-0.3, -0.25) is 0 Å². The Morgan fingerprint density at radius 2 is 1.36 bits per heavy atom. The molecule has 0 aromatic rings. The molecule has 0 radical (unpaired) electrons. The van der Waals surface area contributed by atoms with Crippen molar-refractivity contribution in [1.82, 2.24) is 0 Å². The maximum atomic E-state index is 11.7. The maximum absolute atomic E-state index is 11.7. The van der Waals surface area contributed by atoms with Crippen molar-refractivity contribution in [2.24, 2.45) is 0 Å². The molecule has 0 aliphatic heterocycles. The SMILES string of the molecule is CCCCCCCCOS(=O)(=O)OC(CC)CCCCC.[Na+]. The molecular formula is C16H34NaO4S+. The topological polar surface area (TPSA) is 52.6 Å². The number of hydrogen-bond donors (Lipinski definition) is 0. The van der Waals surface area contributed by atoms with Gasteiger partial charge in [0.15, 0.2) is 0 Å². The first-order chi connectivity index (χ1) is 10.1. The van der Waals surface area contributed by atoms with Crippen molar-refractivity contribution < 1.29 is 46.3 Å². The van der Waals surface area contributed by atoms with E-state index < -0.39 is 10.4 Å². The largest absolute Gasteiger partial charge is 1.00 e. The molecule has 0 aliphatic rings. The third kappa shape index (κ3) is 15.8. The van der Waals surface area contributed by atoms with Gasteiger partial charge in [0, 0.05) is 0 Å². The van der Waals surface area contributed by atoms with Crippen LogP contribution in [-0.4, -0.2) is 21.1 Å². The van der Waals surface area contributed by atoms with Crippen LogP contribution in [0.2, 0.25) is 0 Å². The molecular weight excluding hydrogens is 311 g/mol. The van der Waals surface area contributed by atoms with Crippen molar-refractivity contribution >= 4 is 10.4 Å². The second-order valence-corrected chi connectivity index (χ2v) is 6.86. The Bertz CT molecular complexity index is 320. The molecule has 0 saturated carbocycles. The Hall–Kier alpha value is 0.870. The van der Waals surface area contributed by atoms with E-state index in [1.165, 1.54) is 19.3 Å². The first-order valence-electron chi connectivity index (χ1n) is 8.63. The first-order valence-corrected chi connectivity index (χ1v) is 9.96.